The summed E-state index contributed by atoms with van der Waals surface area (Å²) < 4.78 is 0. The normalized spacial score (nSPS) is 13.3. The first-order chi connectivity index (χ1) is 6.70. The zero-order valence-electron chi connectivity index (χ0n) is 7.83. The quantitative estimate of drug-likeness (QED) is 0.525. The van der Waals surface area contributed by atoms with E-state index in [4.69, 9.17) is 17.2 Å². The minimum Gasteiger partial charge on any atom is -0.399 e. The predicted octanol–water partition coefficient (Wildman–Crippen LogP) is 0.709. The van der Waals surface area contributed by atoms with E-state index >= 15 is 0 Å². The van der Waals surface area contributed by atoms with Crippen LogP contribution in [0.4, 0.5) is 5.69 Å². The van der Waals surface area contributed by atoms with Crippen LogP contribution in [-0.4, -0.2) is 11.5 Å². The van der Waals surface area contributed by atoms with Gasteiger partial charge in [-0.25, -0.2) is 0 Å². The smallest absolute Gasteiger partial charge is 0.0572 e. The van der Waals surface area contributed by atoms with E-state index in [0.29, 0.717) is 6.54 Å². The van der Waals surface area contributed by atoms with Crippen LogP contribution in [0.15, 0.2) is 24.3 Å². The maximum Gasteiger partial charge on any atom is 0.0572 e. The fourth-order valence-corrected chi connectivity index (χ4v) is 1.50. The van der Waals surface area contributed by atoms with E-state index in [2.05, 4.69) is 4.98 Å². The number of aromatic nitrogens is 1. The summed E-state index contributed by atoms with van der Waals surface area (Å²) in [6, 6.07) is 7.57. The van der Waals surface area contributed by atoms with Gasteiger partial charge in [-0.3, -0.25) is 0 Å². The fourth-order valence-electron chi connectivity index (χ4n) is 1.50. The number of nitrogens with one attached hydrogen (secondary N) is 1. The highest BCUT2D eigenvalue weighted by molar-refractivity contribution is 5.83. The van der Waals surface area contributed by atoms with Gasteiger partial charge in [0.1, 0.15) is 0 Å². The van der Waals surface area contributed by atoms with Crippen molar-refractivity contribution < 1.29 is 0 Å². The lowest BCUT2D eigenvalue weighted by Gasteiger charge is -2.03. The molecule has 0 saturated carbocycles. The number of anilines is 1. The molecular formula is C10H14N4. The van der Waals surface area contributed by atoms with Crippen LogP contribution in [0.3, 0.4) is 0 Å². The predicted molar refractivity (Wildman–Crippen MR) is 58.7 cm³/mol. The molecule has 0 aliphatic heterocycles. The van der Waals surface area contributed by atoms with Crippen molar-refractivity contribution in [3.8, 4) is 0 Å². The Morgan fingerprint density at radius 2 is 2.07 bits per heavy atom. The first-order valence-corrected chi connectivity index (χ1v) is 4.54. The molecule has 1 heterocycles. The zero-order valence-corrected chi connectivity index (χ0v) is 7.83. The molecule has 0 bridgehead atoms. The van der Waals surface area contributed by atoms with Gasteiger partial charge in [0.2, 0.25) is 0 Å². The minimum absolute atomic E-state index is 0.136. The third kappa shape index (κ3) is 1.45. The highest BCUT2D eigenvalue weighted by Gasteiger charge is 2.07. The van der Waals surface area contributed by atoms with Gasteiger partial charge in [0, 0.05) is 28.8 Å². The van der Waals surface area contributed by atoms with Crippen LogP contribution in [0.5, 0.6) is 0 Å². The van der Waals surface area contributed by atoms with Crippen LogP contribution >= 0.6 is 0 Å². The number of hydrogen-bond donors (Lipinski definition) is 4. The van der Waals surface area contributed by atoms with Crippen molar-refractivity contribution >= 4 is 16.6 Å². The van der Waals surface area contributed by atoms with Gasteiger partial charge < -0.3 is 22.2 Å². The summed E-state index contributed by atoms with van der Waals surface area (Å²) in [7, 11) is 0. The van der Waals surface area contributed by atoms with Gasteiger partial charge >= 0.3 is 0 Å². The molecule has 0 aliphatic carbocycles. The van der Waals surface area contributed by atoms with Crippen molar-refractivity contribution in [2.24, 2.45) is 11.5 Å². The average molecular weight is 190 g/mol. The van der Waals surface area contributed by atoms with Crippen molar-refractivity contribution in [2.45, 2.75) is 6.04 Å². The summed E-state index contributed by atoms with van der Waals surface area (Å²) in [6.07, 6.45) is 0. The monoisotopic (exact) mass is 190 g/mol. The number of aromatic amines is 1. The van der Waals surface area contributed by atoms with Gasteiger partial charge in [-0.2, -0.15) is 0 Å². The molecule has 4 nitrogen and oxygen atoms in total. The highest BCUT2D eigenvalue weighted by atomic mass is 14.8. The van der Waals surface area contributed by atoms with Crippen molar-refractivity contribution in [3.05, 3.63) is 30.0 Å². The molecule has 0 radical (unpaired) electrons. The first-order valence-electron chi connectivity index (χ1n) is 4.54. The van der Waals surface area contributed by atoms with Crippen LogP contribution < -0.4 is 17.2 Å². The van der Waals surface area contributed by atoms with Crippen molar-refractivity contribution in [1.82, 2.24) is 4.98 Å². The molecule has 2 rings (SSSR count). The van der Waals surface area contributed by atoms with Crippen molar-refractivity contribution in [2.75, 3.05) is 12.3 Å². The maximum absolute atomic E-state index is 5.81. The van der Waals surface area contributed by atoms with Crippen LogP contribution in [0.25, 0.3) is 10.9 Å². The second kappa shape index (κ2) is 3.32. The van der Waals surface area contributed by atoms with E-state index in [0.717, 1.165) is 22.3 Å². The van der Waals surface area contributed by atoms with Gasteiger partial charge in [0.15, 0.2) is 0 Å². The summed E-state index contributed by atoms with van der Waals surface area (Å²) in [5.41, 5.74) is 19.7. The Morgan fingerprint density at radius 3 is 2.79 bits per heavy atom. The number of nitrogen functional groups attached to an aromatic ring is 1. The van der Waals surface area contributed by atoms with Gasteiger partial charge in [0.25, 0.3) is 0 Å². The summed E-state index contributed by atoms with van der Waals surface area (Å²) in [4.78, 5) is 3.21. The van der Waals surface area contributed by atoms with Crippen LogP contribution in [0, 0.1) is 0 Å². The van der Waals surface area contributed by atoms with E-state index < -0.39 is 0 Å². The molecule has 1 aromatic carbocycles. The lowest BCUT2D eigenvalue weighted by atomic mass is 10.2. The second-order valence-corrected chi connectivity index (χ2v) is 3.41. The minimum atomic E-state index is -0.136. The summed E-state index contributed by atoms with van der Waals surface area (Å²) in [5.74, 6) is 0. The van der Waals surface area contributed by atoms with E-state index in [1.165, 1.54) is 0 Å². The molecule has 14 heavy (non-hydrogen) atoms. The fraction of sp³-hybridized carbons (Fsp3) is 0.200. The van der Waals surface area contributed by atoms with Crippen molar-refractivity contribution in [1.29, 1.82) is 0 Å². The van der Waals surface area contributed by atoms with Crippen LogP contribution in [0.1, 0.15) is 11.7 Å². The summed E-state index contributed by atoms with van der Waals surface area (Å²) in [6.45, 7) is 0.433. The number of nitrogens with two attached hydrogens (primary N) is 3. The van der Waals surface area contributed by atoms with E-state index in [9.17, 15) is 0 Å². The molecule has 1 aromatic heterocycles. The molecule has 0 aliphatic rings. The van der Waals surface area contributed by atoms with E-state index in [-0.39, 0.29) is 6.04 Å². The Morgan fingerprint density at radius 1 is 1.29 bits per heavy atom. The molecule has 4 heteroatoms. The summed E-state index contributed by atoms with van der Waals surface area (Å²) >= 11 is 0. The average Bonchev–Trinajstić information content (AvgIpc) is 2.59. The lowest BCUT2D eigenvalue weighted by Crippen LogP contribution is -2.20. The van der Waals surface area contributed by atoms with E-state index in [1.807, 2.05) is 24.3 Å². The molecule has 7 N–H and O–H groups in total. The van der Waals surface area contributed by atoms with Gasteiger partial charge in [-0.05, 0) is 24.3 Å². The Balaban J connectivity index is 2.51. The first kappa shape index (κ1) is 9.05. The highest BCUT2D eigenvalue weighted by Crippen LogP contribution is 2.20. The molecule has 2 aromatic rings. The molecular weight excluding hydrogens is 176 g/mol. The Labute approximate surface area is 82.1 Å². The molecule has 0 fully saturated rings. The molecule has 0 amide bonds. The third-order valence-corrected chi connectivity index (χ3v) is 2.32. The Bertz CT molecular complexity index is 446. The topological polar surface area (TPSA) is 93.8 Å². The Hall–Kier alpha value is -1.52. The molecule has 0 spiro atoms. The maximum atomic E-state index is 5.81. The second-order valence-electron chi connectivity index (χ2n) is 3.41. The summed E-state index contributed by atoms with van der Waals surface area (Å²) in [5, 5.41) is 1.07. The number of rotatable bonds is 2. The molecule has 0 saturated heterocycles. The number of fused-ring (bicyclic) bond motifs is 1. The van der Waals surface area contributed by atoms with Gasteiger partial charge in [-0.1, -0.05) is 0 Å². The van der Waals surface area contributed by atoms with Crippen LogP contribution in [-0.2, 0) is 0 Å². The SMILES string of the molecule is NCC(N)c1cc2cc(N)ccc2[nH]1. The number of hydrogen-bond acceptors (Lipinski definition) is 3. The van der Waals surface area contributed by atoms with Gasteiger partial charge in [0.05, 0.1) is 6.04 Å². The molecule has 74 valence electrons. The standard InChI is InChI=1S/C10H14N4/c11-5-8(13)10-4-6-3-7(12)1-2-9(6)14-10/h1-4,8,14H,5,11-13H2. The number of benzene rings is 1. The molecule has 1 atom stereocenters. The van der Waals surface area contributed by atoms with Crippen LogP contribution in [0.2, 0.25) is 0 Å². The number of H-pyrrole nitrogens is 1. The molecule has 1 unspecified atom stereocenters. The lowest BCUT2D eigenvalue weighted by molar-refractivity contribution is 0.718. The third-order valence-electron chi connectivity index (χ3n) is 2.32. The Kier molecular flexibility index (Phi) is 2.15. The van der Waals surface area contributed by atoms with E-state index in [1.54, 1.807) is 0 Å². The van der Waals surface area contributed by atoms with Crippen molar-refractivity contribution in [3.63, 3.8) is 0 Å². The van der Waals surface area contributed by atoms with Gasteiger partial charge in [-0.15, -0.1) is 0 Å². The largest absolute Gasteiger partial charge is 0.399 e. The zero-order chi connectivity index (χ0) is 10.1.